The minimum Gasteiger partial charge on any atom is -0.483 e. The van der Waals surface area contributed by atoms with Crippen LogP contribution in [0.25, 0.3) is 11.1 Å². The lowest BCUT2D eigenvalue weighted by molar-refractivity contribution is -0.930. The number of ether oxygens (including phenoxy) is 1. The van der Waals surface area contributed by atoms with Crippen LogP contribution in [-0.2, 0) is 4.79 Å². The monoisotopic (exact) mass is 406 g/mol. The fourth-order valence-corrected chi connectivity index (χ4v) is 4.96. The number of nitrogens with one attached hydrogen (secondary N) is 2. The molecular weight excluding hydrogens is 378 g/mol. The lowest BCUT2D eigenvalue weighted by atomic mass is 9.89. The van der Waals surface area contributed by atoms with Gasteiger partial charge in [-0.15, -0.1) is 0 Å². The van der Waals surface area contributed by atoms with Gasteiger partial charge >= 0.3 is 0 Å². The van der Waals surface area contributed by atoms with Crippen LogP contribution in [0, 0.1) is 0 Å². The summed E-state index contributed by atoms with van der Waals surface area (Å²) in [6.45, 7) is 6.72. The molecule has 0 unspecified atom stereocenters. The molecule has 3 aliphatic heterocycles. The molecule has 1 fully saturated rings. The van der Waals surface area contributed by atoms with Gasteiger partial charge in [0.15, 0.2) is 5.84 Å². The number of likely N-dealkylation sites (tertiary alicyclic amines) is 1. The van der Waals surface area contributed by atoms with Crippen LogP contribution in [0.5, 0.6) is 5.75 Å². The Balaban J connectivity index is 1.67. The molecular formula is C23H28N5O2+. The number of benzene rings is 2. The SMILES string of the molecule is C[C@@H]1C(=O)NN=C2COc3cc(-c4ccccc4)c(N(C)C4(C)C[NH+](C)C4)cc3N21. The van der Waals surface area contributed by atoms with E-state index >= 15 is 0 Å². The number of quaternary nitrogens is 1. The minimum atomic E-state index is -0.337. The number of amides is 1. The first-order valence-electron chi connectivity index (χ1n) is 10.4. The number of rotatable bonds is 3. The van der Waals surface area contributed by atoms with E-state index in [9.17, 15) is 4.79 Å². The van der Waals surface area contributed by atoms with Gasteiger partial charge in [-0.25, -0.2) is 5.43 Å². The molecule has 0 radical (unpaired) electrons. The highest BCUT2D eigenvalue weighted by Crippen LogP contribution is 2.44. The maximum absolute atomic E-state index is 12.3. The zero-order chi connectivity index (χ0) is 21.0. The fourth-order valence-electron chi connectivity index (χ4n) is 4.96. The van der Waals surface area contributed by atoms with Crippen LogP contribution >= 0.6 is 0 Å². The Hall–Kier alpha value is -3.06. The minimum absolute atomic E-state index is 0.0825. The van der Waals surface area contributed by atoms with E-state index in [1.54, 1.807) is 0 Å². The summed E-state index contributed by atoms with van der Waals surface area (Å²) >= 11 is 0. The highest BCUT2D eigenvalue weighted by molar-refractivity contribution is 6.10. The van der Waals surface area contributed by atoms with Crippen LogP contribution in [-0.4, -0.2) is 57.1 Å². The fraction of sp³-hybridized carbons (Fsp3) is 0.391. The predicted molar refractivity (Wildman–Crippen MR) is 118 cm³/mol. The maximum atomic E-state index is 12.3. The molecule has 0 aromatic heterocycles. The summed E-state index contributed by atoms with van der Waals surface area (Å²) in [5.41, 5.74) is 7.00. The standard InChI is InChI=1S/C23H27N5O2/c1-15-22(29)25-24-21-12-30-20-10-17(16-8-6-5-7-9-16)18(11-19(20)28(15)21)27(4)23(2)13-26(3)14-23/h5-11,15H,12-14H2,1-4H3,(H,25,29)/p+1/t15-/m1/s1. The number of hydrogen-bond donors (Lipinski definition) is 2. The van der Waals surface area contributed by atoms with Crippen molar-refractivity contribution in [1.29, 1.82) is 0 Å². The Kier molecular flexibility index (Phi) is 4.25. The zero-order valence-corrected chi connectivity index (χ0v) is 17.9. The smallest absolute Gasteiger partial charge is 0.262 e. The molecule has 5 rings (SSSR count). The molecule has 156 valence electrons. The molecule has 1 atom stereocenters. The van der Waals surface area contributed by atoms with Crippen LogP contribution in [0.15, 0.2) is 47.6 Å². The van der Waals surface area contributed by atoms with E-state index in [-0.39, 0.29) is 17.5 Å². The van der Waals surface area contributed by atoms with Crippen molar-refractivity contribution in [2.75, 3.05) is 43.6 Å². The zero-order valence-electron chi connectivity index (χ0n) is 17.9. The second kappa shape index (κ2) is 6.74. The topological polar surface area (TPSA) is 61.6 Å². The molecule has 0 bridgehead atoms. The number of anilines is 2. The first-order valence-corrected chi connectivity index (χ1v) is 10.4. The van der Waals surface area contributed by atoms with Gasteiger partial charge in [0.25, 0.3) is 5.91 Å². The highest BCUT2D eigenvalue weighted by atomic mass is 16.5. The molecule has 3 aliphatic rings. The van der Waals surface area contributed by atoms with Gasteiger partial charge in [-0.3, -0.25) is 4.79 Å². The molecule has 1 saturated heterocycles. The molecule has 2 aromatic rings. The third-order valence-electron chi connectivity index (χ3n) is 6.65. The average Bonchev–Trinajstić information content (AvgIpc) is 2.74. The summed E-state index contributed by atoms with van der Waals surface area (Å²) in [6.07, 6.45) is 0. The molecule has 0 spiro atoms. The van der Waals surface area contributed by atoms with Crippen molar-refractivity contribution in [2.24, 2.45) is 5.10 Å². The van der Waals surface area contributed by atoms with Gasteiger partial charge in [0.1, 0.15) is 37.0 Å². The molecule has 7 nitrogen and oxygen atoms in total. The van der Waals surface area contributed by atoms with Crippen molar-refractivity contribution in [3.8, 4) is 16.9 Å². The van der Waals surface area contributed by atoms with Crippen LogP contribution in [0.2, 0.25) is 0 Å². The number of carbonyl (C=O) groups is 1. The van der Waals surface area contributed by atoms with Crippen LogP contribution in [0.4, 0.5) is 11.4 Å². The summed E-state index contributed by atoms with van der Waals surface area (Å²) in [6, 6.07) is 14.4. The van der Waals surface area contributed by atoms with Crippen molar-refractivity contribution in [3.05, 3.63) is 42.5 Å². The van der Waals surface area contributed by atoms with E-state index in [0.717, 1.165) is 47.2 Å². The van der Waals surface area contributed by atoms with E-state index < -0.39 is 0 Å². The number of hydrazone groups is 1. The maximum Gasteiger partial charge on any atom is 0.262 e. The highest BCUT2D eigenvalue weighted by Gasteiger charge is 2.46. The van der Waals surface area contributed by atoms with Crippen LogP contribution in [0.3, 0.4) is 0 Å². The largest absolute Gasteiger partial charge is 0.483 e. The average molecular weight is 407 g/mol. The third-order valence-corrected chi connectivity index (χ3v) is 6.65. The number of nitrogens with zero attached hydrogens (tertiary/aromatic N) is 3. The quantitative estimate of drug-likeness (QED) is 0.802. The normalized spacial score (nSPS) is 27.1. The molecule has 2 aromatic carbocycles. The molecule has 3 heterocycles. The van der Waals surface area contributed by atoms with Gasteiger partial charge in [0, 0.05) is 18.3 Å². The second-order valence-electron chi connectivity index (χ2n) is 8.91. The first-order chi connectivity index (χ1) is 14.4. The third kappa shape index (κ3) is 2.84. The summed E-state index contributed by atoms with van der Waals surface area (Å²) in [4.78, 5) is 18.2. The van der Waals surface area contributed by atoms with E-state index in [0.29, 0.717) is 6.61 Å². The predicted octanol–water partition coefficient (Wildman–Crippen LogP) is 1.11. The van der Waals surface area contributed by atoms with Crippen LogP contribution < -0.4 is 24.9 Å². The summed E-state index contributed by atoms with van der Waals surface area (Å²) < 4.78 is 6.07. The summed E-state index contributed by atoms with van der Waals surface area (Å²) in [7, 11) is 4.40. The first kappa shape index (κ1) is 18.9. The summed E-state index contributed by atoms with van der Waals surface area (Å²) in [5, 5.41) is 4.22. The second-order valence-corrected chi connectivity index (χ2v) is 8.91. The number of hydrogen-bond acceptors (Lipinski definition) is 5. The van der Waals surface area contributed by atoms with Crippen molar-refractivity contribution in [3.63, 3.8) is 0 Å². The van der Waals surface area contributed by atoms with Crippen molar-refractivity contribution in [1.82, 2.24) is 5.43 Å². The number of likely N-dealkylation sites (N-methyl/N-ethyl adjacent to an activating group) is 2. The molecule has 0 aliphatic carbocycles. The van der Waals surface area contributed by atoms with Gasteiger partial charge in [-0.2, -0.15) is 5.10 Å². The Bertz CT molecular complexity index is 1030. The lowest BCUT2D eigenvalue weighted by Gasteiger charge is -2.49. The van der Waals surface area contributed by atoms with E-state index in [4.69, 9.17) is 4.74 Å². The Morgan fingerprint density at radius 2 is 2.00 bits per heavy atom. The van der Waals surface area contributed by atoms with E-state index in [1.807, 2.05) is 17.9 Å². The number of fused-ring (bicyclic) bond motifs is 3. The van der Waals surface area contributed by atoms with Gasteiger partial charge < -0.3 is 19.4 Å². The van der Waals surface area contributed by atoms with E-state index in [2.05, 4.69) is 72.8 Å². The van der Waals surface area contributed by atoms with Gasteiger partial charge in [-0.1, -0.05) is 30.3 Å². The van der Waals surface area contributed by atoms with E-state index in [1.165, 1.54) is 4.90 Å². The van der Waals surface area contributed by atoms with Gasteiger partial charge in [0.2, 0.25) is 0 Å². The molecule has 0 saturated carbocycles. The molecule has 2 N–H and O–H groups in total. The number of carbonyl (C=O) groups excluding carboxylic acids is 1. The van der Waals surface area contributed by atoms with Crippen molar-refractivity contribution < 1.29 is 14.4 Å². The van der Waals surface area contributed by atoms with Crippen molar-refractivity contribution >= 4 is 23.1 Å². The Morgan fingerprint density at radius 3 is 2.70 bits per heavy atom. The Labute approximate surface area is 176 Å². The van der Waals surface area contributed by atoms with Crippen LogP contribution in [0.1, 0.15) is 13.8 Å². The van der Waals surface area contributed by atoms with Crippen molar-refractivity contribution in [2.45, 2.75) is 25.4 Å². The van der Waals surface area contributed by atoms with Gasteiger partial charge in [0.05, 0.1) is 12.7 Å². The molecule has 7 heteroatoms. The molecule has 1 amide bonds. The lowest BCUT2D eigenvalue weighted by Crippen LogP contribution is -3.22. The Morgan fingerprint density at radius 1 is 1.27 bits per heavy atom. The number of amidine groups is 1. The summed E-state index contributed by atoms with van der Waals surface area (Å²) in [5.74, 6) is 1.41. The molecule has 30 heavy (non-hydrogen) atoms. The van der Waals surface area contributed by atoms with Gasteiger partial charge in [-0.05, 0) is 31.5 Å².